The van der Waals surface area contributed by atoms with Crippen LogP contribution in [-0.4, -0.2) is 17.4 Å². The van der Waals surface area contributed by atoms with Gasteiger partial charge in [0, 0.05) is 17.9 Å². The van der Waals surface area contributed by atoms with E-state index in [0.717, 1.165) is 17.9 Å². The summed E-state index contributed by atoms with van der Waals surface area (Å²) < 4.78 is 0. The van der Waals surface area contributed by atoms with Crippen LogP contribution in [-0.2, 0) is 0 Å². The summed E-state index contributed by atoms with van der Waals surface area (Å²) in [4.78, 5) is 4.13. The zero-order chi connectivity index (χ0) is 9.84. The molecule has 0 aliphatic carbocycles. The standard InChI is InChI=1S/C9H14N4/c1-3-12-7-4-6(2)13-8(5-7)9(10)11/h4-5H,3H2,1-2H3,(H3,10,11)(H,12,13). The van der Waals surface area contributed by atoms with Gasteiger partial charge < -0.3 is 11.1 Å². The van der Waals surface area contributed by atoms with E-state index in [-0.39, 0.29) is 5.84 Å². The summed E-state index contributed by atoms with van der Waals surface area (Å²) >= 11 is 0. The average molecular weight is 178 g/mol. The molecule has 0 unspecified atom stereocenters. The topological polar surface area (TPSA) is 74.8 Å². The van der Waals surface area contributed by atoms with Crippen LogP contribution >= 0.6 is 0 Å². The van der Waals surface area contributed by atoms with Gasteiger partial charge in [-0.1, -0.05) is 0 Å². The predicted octanol–water partition coefficient (Wildman–Crippen LogP) is 1.11. The van der Waals surface area contributed by atoms with E-state index >= 15 is 0 Å². The quantitative estimate of drug-likeness (QED) is 0.479. The Hall–Kier alpha value is -1.58. The molecule has 4 nitrogen and oxygen atoms in total. The average Bonchev–Trinajstić information content (AvgIpc) is 2.03. The van der Waals surface area contributed by atoms with Crippen LogP contribution in [0.5, 0.6) is 0 Å². The first-order valence-corrected chi connectivity index (χ1v) is 4.20. The molecule has 1 aromatic rings. The van der Waals surface area contributed by atoms with E-state index < -0.39 is 0 Å². The fourth-order valence-corrected chi connectivity index (χ4v) is 1.11. The molecule has 70 valence electrons. The molecular weight excluding hydrogens is 164 g/mol. The Labute approximate surface area is 77.7 Å². The summed E-state index contributed by atoms with van der Waals surface area (Å²) in [6.07, 6.45) is 0. The van der Waals surface area contributed by atoms with Gasteiger partial charge in [-0.25, -0.2) is 4.98 Å². The molecule has 0 aromatic carbocycles. The molecule has 0 saturated carbocycles. The van der Waals surface area contributed by atoms with Crippen molar-refractivity contribution in [3.05, 3.63) is 23.5 Å². The number of anilines is 1. The van der Waals surface area contributed by atoms with Crippen molar-refractivity contribution in [2.45, 2.75) is 13.8 Å². The van der Waals surface area contributed by atoms with Gasteiger partial charge in [0.25, 0.3) is 0 Å². The number of nitrogen functional groups attached to an aromatic ring is 1. The van der Waals surface area contributed by atoms with Crippen LogP contribution in [0.1, 0.15) is 18.3 Å². The number of aryl methyl sites for hydroxylation is 1. The lowest BCUT2D eigenvalue weighted by Crippen LogP contribution is -2.14. The minimum absolute atomic E-state index is 0.00264. The number of nitrogens with two attached hydrogens (primary N) is 1. The Morgan fingerprint density at radius 3 is 2.85 bits per heavy atom. The van der Waals surface area contributed by atoms with E-state index in [1.807, 2.05) is 19.9 Å². The largest absolute Gasteiger partial charge is 0.385 e. The summed E-state index contributed by atoms with van der Waals surface area (Å²) in [5, 5.41) is 10.4. The maximum absolute atomic E-state index is 7.25. The first-order chi connectivity index (χ1) is 6.13. The van der Waals surface area contributed by atoms with Crippen LogP contribution in [0, 0.1) is 12.3 Å². The lowest BCUT2D eigenvalue weighted by Gasteiger charge is -2.06. The van der Waals surface area contributed by atoms with Crippen molar-refractivity contribution in [2.24, 2.45) is 5.73 Å². The van der Waals surface area contributed by atoms with E-state index in [1.54, 1.807) is 6.07 Å². The first kappa shape index (κ1) is 9.51. The fourth-order valence-electron chi connectivity index (χ4n) is 1.11. The SMILES string of the molecule is CCNc1cc(C)nc(C(=N)N)c1. The second-order valence-electron chi connectivity index (χ2n) is 2.83. The van der Waals surface area contributed by atoms with Gasteiger partial charge in [-0.05, 0) is 26.0 Å². The highest BCUT2D eigenvalue weighted by Gasteiger charge is 2.01. The number of nitrogens with one attached hydrogen (secondary N) is 2. The minimum atomic E-state index is 0.00264. The molecule has 0 fully saturated rings. The van der Waals surface area contributed by atoms with Gasteiger partial charge in [-0.2, -0.15) is 0 Å². The maximum atomic E-state index is 7.25. The first-order valence-electron chi connectivity index (χ1n) is 4.20. The number of rotatable bonds is 3. The molecule has 13 heavy (non-hydrogen) atoms. The predicted molar refractivity (Wildman–Crippen MR) is 54.2 cm³/mol. The molecule has 1 heterocycles. The second kappa shape index (κ2) is 3.89. The number of amidine groups is 1. The van der Waals surface area contributed by atoms with Gasteiger partial charge >= 0.3 is 0 Å². The van der Waals surface area contributed by atoms with Crippen LogP contribution < -0.4 is 11.1 Å². The molecule has 1 aromatic heterocycles. The Balaban J connectivity index is 3.03. The van der Waals surface area contributed by atoms with Crippen LogP contribution in [0.2, 0.25) is 0 Å². The van der Waals surface area contributed by atoms with E-state index in [9.17, 15) is 0 Å². The summed E-state index contributed by atoms with van der Waals surface area (Å²) in [5.41, 5.74) is 7.69. The number of hydrogen-bond donors (Lipinski definition) is 3. The van der Waals surface area contributed by atoms with Crippen LogP contribution in [0.3, 0.4) is 0 Å². The zero-order valence-corrected chi connectivity index (χ0v) is 7.89. The third-order valence-corrected chi connectivity index (χ3v) is 1.61. The molecule has 4 heteroatoms. The van der Waals surface area contributed by atoms with Gasteiger partial charge in [-0.3, -0.25) is 5.41 Å². The smallest absolute Gasteiger partial charge is 0.141 e. The number of nitrogens with zero attached hydrogens (tertiary/aromatic N) is 1. The Kier molecular flexibility index (Phi) is 2.84. The van der Waals surface area contributed by atoms with Crippen molar-refractivity contribution in [3.63, 3.8) is 0 Å². The van der Waals surface area contributed by atoms with E-state index in [0.29, 0.717) is 5.69 Å². The van der Waals surface area contributed by atoms with Crippen LogP contribution in [0.4, 0.5) is 5.69 Å². The molecule has 0 amide bonds. The molecule has 0 aliphatic rings. The van der Waals surface area contributed by atoms with Gasteiger partial charge in [-0.15, -0.1) is 0 Å². The molecule has 1 rings (SSSR count). The molecular formula is C9H14N4. The number of hydrogen-bond acceptors (Lipinski definition) is 3. The van der Waals surface area contributed by atoms with Crippen molar-refractivity contribution < 1.29 is 0 Å². The third-order valence-electron chi connectivity index (χ3n) is 1.61. The van der Waals surface area contributed by atoms with Gasteiger partial charge in [0.15, 0.2) is 0 Å². The molecule has 0 bridgehead atoms. The highest BCUT2D eigenvalue weighted by Crippen LogP contribution is 2.10. The van der Waals surface area contributed by atoms with Crippen LogP contribution in [0.15, 0.2) is 12.1 Å². The highest BCUT2D eigenvalue weighted by molar-refractivity contribution is 5.93. The third kappa shape index (κ3) is 2.43. The van der Waals surface area contributed by atoms with Crippen molar-refractivity contribution in [1.29, 1.82) is 5.41 Å². The van der Waals surface area contributed by atoms with Crippen LogP contribution in [0.25, 0.3) is 0 Å². The van der Waals surface area contributed by atoms with Crippen molar-refractivity contribution in [2.75, 3.05) is 11.9 Å². The fraction of sp³-hybridized carbons (Fsp3) is 0.333. The molecule has 0 saturated heterocycles. The van der Waals surface area contributed by atoms with E-state index in [1.165, 1.54) is 0 Å². The molecule has 0 radical (unpaired) electrons. The summed E-state index contributed by atoms with van der Waals surface area (Å²) in [5.74, 6) is 0.00264. The van der Waals surface area contributed by atoms with Gasteiger partial charge in [0.1, 0.15) is 11.5 Å². The zero-order valence-electron chi connectivity index (χ0n) is 7.89. The van der Waals surface area contributed by atoms with E-state index in [4.69, 9.17) is 11.1 Å². The van der Waals surface area contributed by atoms with Crippen molar-refractivity contribution >= 4 is 11.5 Å². The maximum Gasteiger partial charge on any atom is 0.141 e. The monoisotopic (exact) mass is 178 g/mol. The highest BCUT2D eigenvalue weighted by atomic mass is 14.9. The Morgan fingerprint density at radius 1 is 1.62 bits per heavy atom. The molecule has 0 aliphatic heterocycles. The molecule has 0 atom stereocenters. The number of pyridine rings is 1. The lowest BCUT2D eigenvalue weighted by molar-refractivity contribution is 1.14. The van der Waals surface area contributed by atoms with E-state index in [2.05, 4.69) is 10.3 Å². The Morgan fingerprint density at radius 2 is 2.31 bits per heavy atom. The van der Waals surface area contributed by atoms with Crippen molar-refractivity contribution in [3.8, 4) is 0 Å². The Bertz CT molecular complexity index is 319. The normalized spacial score (nSPS) is 9.69. The minimum Gasteiger partial charge on any atom is -0.385 e. The number of aromatic nitrogens is 1. The second-order valence-corrected chi connectivity index (χ2v) is 2.83. The summed E-state index contributed by atoms with van der Waals surface area (Å²) in [6.45, 7) is 4.75. The van der Waals surface area contributed by atoms with Gasteiger partial charge in [0.2, 0.25) is 0 Å². The summed E-state index contributed by atoms with van der Waals surface area (Å²) in [6, 6.07) is 3.70. The summed E-state index contributed by atoms with van der Waals surface area (Å²) in [7, 11) is 0. The molecule has 0 spiro atoms. The molecule has 4 N–H and O–H groups in total. The van der Waals surface area contributed by atoms with Gasteiger partial charge in [0.05, 0.1) is 0 Å². The lowest BCUT2D eigenvalue weighted by atomic mass is 10.2. The van der Waals surface area contributed by atoms with Crippen molar-refractivity contribution in [1.82, 2.24) is 4.98 Å².